The fourth-order valence-electron chi connectivity index (χ4n) is 2.86. The molecule has 34 heavy (non-hydrogen) atoms. The lowest BCUT2D eigenvalue weighted by Gasteiger charge is -2.18. The molecule has 0 bridgehead atoms. The normalized spacial score (nSPS) is 10.9. The van der Waals surface area contributed by atoms with E-state index in [2.05, 4.69) is 19.9 Å². The fourth-order valence-corrected chi connectivity index (χ4v) is 3.71. The van der Waals surface area contributed by atoms with E-state index in [0.29, 0.717) is 19.5 Å². The third-order valence-corrected chi connectivity index (χ3v) is 5.50. The number of anilines is 1. The summed E-state index contributed by atoms with van der Waals surface area (Å²) in [6, 6.07) is 1.27. The van der Waals surface area contributed by atoms with Gasteiger partial charge in [0.15, 0.2) is 5.00 Å². The predicted molar refractivity (Wildman–Crippen MR) is 123 cm³/mol. The number of urea groups is 1. The highest BCUT2D eigenvalue weighted by atomic mass is 35.5. The van der Waals surface area contributed by atoms with Crippen molar-refractivity contribution in [1.82, 2.24) is 14.6 Å². The van der Waals surface area contributed by atoms with Crippen LogP contribution in [0.4, 0.5) is 23.4 Å². The molecule has 0 unspecified atom stereocenters. The van der Waals surface area contributed by atoms with Gasteiger partial charge in [0.2, 0.25) is 5.75 Å². The highest BCUT2D eigenvalue weighted by Crippen LogP contribution is 2.39. The number of rotatable bonds is 13. The SMILES string of the molecule is CCN(CCO)CCCCNC(=O)Nc1snc(OCc2c(F)cc(Cl)cc2F)c1OC(N)=O. The molecule has 0 aliphatic carbocycles. The number of aliphatic hydroxyl groups is 1. The fraction of sp³-hybridized carbons (Fsp3) is 0.450. The van der Waals surface area contributed by atoms with Crippen LogP contribution in [0.2, 0.25) is 5.02 Å². The molecule has 0 aliphatic heterocycles. The molecule has 0 atom stereocenters. The number of unbranched alkanes of at least 4 members (excludes halogenated alkanes) is 1. The molecule has 0 saturated carbocycles. The van der Waals surface area contributed by atoms with Crippen molar-refractivity contribution in [3.05, 3.63) is 34.4 Å². The average Bonchev–Trinajstić information content (AvgIpc) is 3.12. The minimum Gasteiger partial charge on any atom is -0.469 e. The lowest BCUT2D eigenvalue weighted by atomic mass is 10.2. The quantitative estimate of drug-likeness (QED) is 0.296. The number of benzene rings is 1. The first-order chi connectivity index (χ1) is 16.2. The zero-order chi connectivity index (χ0) is 25.1. The number of amides is 3. The second kappa shape index (κ2) is 13.8. The van der Waals surface area contributed by atoms with Crippen molar-refractivity contribution in [2.45, 2.75) is 26.4 Å². The van der Waals surface area contributed by atoms with Gasteiger partial charge in [-0.15, -0.1) is 4.37 Å². The van der Waals surface area contributed by atoms with Crippen LogP contribution in [0.15, 0.2) is 12.1 Å². The second-order valence-corrected chi connectivity index (χ2v) is 8.16. The minimum atomic E-state index is -1.19. The Morgan fingerprint density at radius 2 is 1.97 bits per heavy atom. The van der Waals surface area contributed by atoms with E-state index in [0.717, 1.165) is 43.2 Å². The molecule has 188 valence electrons. The zero-order valence-electron chi connectivity index (χ0n) is 18.4. The zero-order valence-corrected chi connectivity index (χ0v) is 20.0. The summed E-state index contributed by atoms with van der Waals surface area (Å²) in [5, 5.41) is 14.0. The van der Waals surface area contributed by atoms with Crippen LogP contribution in [-0.2, 0) is 6.61 Å². The van der Waals surface area contributed by atoms with Crippen molar-refractivity contribution in [3.63, 3.8) is 0 Å². The molecule has 0 saturated heterocycles. The summed E-state index contributed by atoms with van der Waals surface area (Å²) in [7, 11) is 0. The van der Waals surface area contributed by atoms with E-state index in [9.17, 15) is 18.4 Å². The van der Waals surface area contributed by atoms with Gasteiger partial charge in [0.05, 0.1) is 12.2 Å². The molecule has 5 N–H and O–H groups in total. The Hall–Kier alpha value is -2.74. The first-order valence-electron chi connectivity index (χ1n) is 10.4. The Morgan fingerprint density at radius 1 is 1.26 bits per heavy atom. The number of hydrogen-bond donors (Lipinski definition) is 4. The van der Waals surface area contributed by atoms with Crippen molar-refractivity contribution >= 4 is 40.3 Å². The number of hydrogen-bond acceptors (Lipinski definition) is 8. The topological polar surface area (TPSA) is 139 Å². The molecular weight excluding hydrogens is 496 g/mol. The molecule has 2 rings (SSSR count). The summed E-state index contributed by atoms with van der Waals surface area (Å²) >= 11 is 6.33. The Balaban J connectivity index is 1.94. The van der Waals surface area contributed by atoms with Gasteiger partial charge >= 0.3 is 12.1 Å². The number of likely N-dealkylation sites (N-methyl/N-ethyl adjacent to an activating group) is 1. The Morgan fingerprint density at radius 3 is 2.59 bits per heavy atom. The van der Waals surface area contributed by atoms with E-state index in [4.69, 9.17) is 31.9 Å². The molecule has 14 heteroatoms. The van der Waals surface area contributed by atoms with E-state index < -0.39 is 35.9 Å². The van der Waals surface area contributed by atoms with Gasteiger partial charge in [-0.3, -0.25) is 5.32 Å². The van der Waals surface area contributed by atoms with E-state index in [1.54, 1.807) is 0 Å². The second-order valence-electron chi connectivity index (χ2n) is 6.95. The monoisotopic (exact) mass is 521 g/mol. The van der Waals surface area contributed by atoms with Gasteiger partial charge in [0.25, 0.3) is 5.88 Å². The number of nitrogens with one attached hydrogen (secondary N) is 2. The van der Waals surface area contributed by atoms with E-state index >= 15 is 0 Å². The van der Waals surface area contributed by atoms with Crippen LogP contribution >= 0.6 is 23.1 Å². The number of aromatic nitrogens is 1. The Bertz CT molecular complexity index is 958. The smallest absolute Gasteiger partial charge is 0.410 e. The lowest BCUT2D eigenvalue weighted by molar-refractivity contribution is 0.199. The molecule has 1 heterocycles. The van der Waals surface area contributed by atoms with Crippen LogP contribution in [0.1, 0.15) is 25.3 Å². The van der Waals surface area contributed by atoms with Gasteiger partial charge in [0, 0.05) is 18.1 Å². The number of nitrogens with two attached hydrogens (primary N) is 1. The van der Waals surface area contributed by atoms with Gasteiger partial charge in [0.1, 0.15) is 18.2 Å². The summed E-state index contributed by atoms with van der Waals surface area (Å²) in [5.74, 6) is -2.41. The van der Waals surface area contributed by atoms with Crippen LogP contribution in [0, 0.1) is 11.6 Å². The highest BCUT2D eigenvalue weighted by Gasteiger charge is 2.22. The summed E-state index contributed by atoms with van der Waals surface area (Å²) < 4.78 is 42.0. The number of aliphatic hydroxyl groups excluding tert-OH is 1. The summed E-state index contributed by atoms with van der Waals surface area (Å²) in [5.41, 5.74) is 4.67. The van der Waals surface area contributed by atoms with Crippen LogP contribution in [-0.4, -0.2) is 59.3 Å². The predicted octanol–water partition coefficient (Wildman–Crippen LogP) is 3.33. The molecule has 1 aromatic heterocycles. The number of ether oxygens (including phenoxy) is 2. The molecule has 10 nitrogen and oxygen atoms in total. The van der Waals surface area contributed by atoms with Crippen molar-refractivity contribution < 1.29 is 33.0 Å². The van der Waals surface area contributed by atoms with Gasteiger partial charge in [-0.25, -0.2) is 18.4 Å². The molecule has 0 fully saturated rings. The maximum atomic E-state index is 14.0. The maximum Gasteiger partial charge on any atom is 0.410 e. The van der Waals surface area contributed by atoms with Crippen molar-refractivity contribution in [1.29, 1.82) is 0 Å². The van der Waals surface area contributed by atoms with Crippen LogP contribution < -0.4 is 25.8 Å². The number of carbonyl (C=O) groups excluding carboxylic acids is 2. The van der Waals surface area contributed by atoms with Crippen LogP contribution in [0.3, 0.4) is 0 Å². The highest BCUT2D eigenvalue weighted by molar-refractivity contribution is 7.11. The molecule has 1 aromatic carbocycles. The van der Waals surface area contributed by atoms with Crippen molar-refractivity contribution in [3.8, 4) is 11.6 Å². The van der Waals surface area contributed by atoms with E-state index in [1.165, 1.54) is 0 Å². The molecule has 0 spiro atoms. The Kier molecular flexibility index (Phi) is 11.2. The Labute approximate surface area is 204 Å². The molecule has 3 amide bonds. The van der Waals surface area contributed by atoms with Crippen LogP contribution in [0.25, 0.3) is 0 Å². The summed E-state index contributed by atoms with van der Waals surface area (Å²) in [6.45, 7) is 4.11. The number of primary amides is 1. The summed E-state index contributed by atoms with van der Waals surface area (Å²) in [6.07, 6.45) is 0.330. The van der Waals surface area contributed by atoms with Gasteiger partial charge in [-0.05, 0) is 49.6 Å². The van der Waals surface area contributed by atoms with Crippen molar-refractivity contribution in [2.24, 2.45) is 5.73 Å². The van der Waals surface area contributed by atoms with Gasteiger partial charge in [-0.1, -0.05) is 18.5 Å². The van der Waals surface area contributed by atoms with Gasteiger partial charge in [-0.2, -0.15) is 0 Å². The third-order valence-electron chi connectivity index (χ3n) is 4.56. The number of carbonyl (C=O) groups is 2. The first kappa shape index (κ1) is 27.5. The molecule has 2 aromatic rings. The van der Waals surface area contributed by atoms with E-state index in [1.807, 2.05) is 6.92 Å². The van der Waals surface area contributed by atoms with Crippen LogP contribution in [0.5, 0.6) is 11.6 Å². The first-order valence-corrected chi connectivity index (χ1v) is 11.5. The largest absolute Gasteiger partial charge is 0.469 e. The van der Waals surface area contributed by atoms with E-state index in [-0.39, 0.29) is 28.3 Å². The number of halogens is 3. The maximum absolute atomic E-state index is 14.0. The molecular formula is C20H26ClF2N5O5S. The lowest BCUT2D eigenvalue weighted by Crippen LogP contribution is -2.31. The van der Waals surface area contributed by atoms with Gasteiger partial charge < -0.3 is 30.5 Å². The third kappa shape index (κ3) is 8.56. The molecule has 0 radical (unpaired) electrons. The summed E-state index contributed by atoms with van der Waals surface area (Å²) in [4.78, 5) is 25.6. The average molecular weight is 522 g/mol. The standard InChI is InChI=1S/C20H26ClF2N5O5S/c1-2-28(7-8-29)6-4-3-5-25-20(31)26-18-16(33-19(24)30)17(27-34-18)32-11-13-14(22)9-12(21)10-15(13)23/h9-10,29H,2-8,11H2,1H3,(H2,24,30)(H2,25,26,31). The minimum absolute atomic E-state index is 0.0171. The molecule has 0 aliphatic rings. The van der Waals surface area contributed by atoms with Crippen molar-refractivity contribution in [2.75, 3.05) is 38.1 Å². The number of nitrogens with zero attached hydrogens (tertiary/aromatic N) is 2.